The van der Waals surface area contributed by atoms with Crippen LogP contribution >= 0.6 is 0 Å². The Morgan fingerprint density at radius 2 is 1.91 bits per heavy atom. The van der Waals surface area contributed by atoms with E-state index < -0.39 is 37.9 Å². The fourth-order valence-corrected chi connectivity index (χ4v) is 4.44. The Morgan fingerprint density at radius 1 is 1.30 bits per heavy atom. The molecule has 1 aliphatic rings. The maximum atomic E-state index is 13.2. The molecule has 2 rings (SSSR count). The standard InChI is InChI=1S/C14H18F4N2O2S/c1-13(2)8-20(6-5-12(13)19)23(21,22)11-4-3-9(15)7-10(11)14(16,17)18/h3-4,7,12H,5-6,8,19H2,1-2H3. The summed E-state index contributed by atoms with van der Waals surface area (Å²) in [5.74, 6) is -1.14. The van der Waals surface area contributed by atoms with Crippen LogP contribution in [0.25, 0.3) is 0 Å². The molecule has 1 aliphatic heterocycles. The predicted octanol–water partition coefficient (Wildman–Crippen LogP) is 2.59. The van der Waals surface area contributed by atoms with E-state index in [1.807, 2.05) is 0 Å². The normalized spacial score (nSPS) is 23.0. The molecule has 0 aromatic heterocycles. The molecule has 0 bridgehead atoms. The molecule has 2 N–H and O–H groups in total. The molecule has 0 spiro atoms. The molecule has 0 amide bonds. The third kappa shape index (κ3) is 3.51. The summed E-state index contributed by atoms with van der Waals surface area (Å²) in [6, 6.07) is 1.33. The van der Waals surface area contributed by atoms with Crippen molar-refractivity contribution in [3.63, 3.8) is 0 Å². The first kappa shape index (κ1) is 18.2. The van der Waals surface area contributed by atoms with Crippen molar-refractivity contribution in [3.05, 3.63) is 29.6 Å². The number of alkyl halides is 3. The Balaban J connectivity index is 2.49. The molecule has 1 aromatic rings. The van der Waals surface area contributed by atoms with Crippen molar-refractivity contribution in [2.24, 2.45) is 11.1 Å². The highest BCUT2D eigenvalue weighted by molar-refractivity contribution is 7.89. The topological polar surface area (TPSA) is 63.4 Å². The predicted molar refractivity (Wildman–Crippen MR) is 76.5 cm³/mol. The summed E-state index contributed by atoms with van der Waals surface area (Å²) in [7, 11) is -4.40. The third-order valence-corrected chi connectivity index (χ3v) is 6.05. The Morgan fingerprint density at radius 3 is 2.43 bits per heavy atom. The van der Waals surface area contributed by atoms with Crippen LogP contribution in [0.1, 0.15) is 25.8 Å². The zero-order chi connectivity index (χ0) is 17.6. The Kier molecular flexibility index (Phi) is 4.51. The second kappa shape index (κ2) is 5.71. The van der Waals surface area contributed by atoms with Crippen molar-refractivity contribution in [2.45, 2.75) is 37.4 Å². The van der Waals surface area contributed by atoms with E-state index in [0.29, 0.717) is 18.6 Å². The van der Waals surface area contributed by atoms with Crippen molar-refractivity contribution < 1.29 is 26.0 Å². The van der Waals surface area contributed by atoms with E-state index in [4.69, 9.17) is 5.73 Å². The van der Waals surface area contributed by atoms with Crippen LogP contribution in [-0.4, -0.2) is 31.9 Å². The first-order valence-corrected chi connectivity index (χ1v) is 8.42. The number of hydrogen-bond acceptors (Lipinski definition) is 3. The number of hydrogen-bond donors (Lipinski definition) is 1. The van der Waals surface area contributed by atoms with Gasteiger partial charge in [-0.25, -0.2) is 12.8 Å². The second-order valence-corrected chi connectivity index (χ2v) is 8.27. The highest BCUT2D eigenvalue weighted by atomic mass is 32.2. The van der Waals surface area contributed by atoms with Crippen molar-refractivity contribution in [2.75, 3.05) is 13.1 Å². The summed E-state index contributed by atoms with van der Waals surface area (Å²) in [6.45, 7) is 3.55. The van der Waals surface area contributed by atoms with Gasteiger partial charge in [0.25, 0.3) is 0 Å². The SMILES string of the molecule is CC1(C)CN(S(=O)(=O)c2ccc(F)cc2C(F)(F)F)CCC1N. The van der Waals surface area contributed by atoms with Gasteiger partial charge in [-0.05, 0) is 30.0 Å². The summed E-state index contributed by atoms with van der Waals surface area (Å²) in [5, 5.41) is 0. The number of benzene rings is 1. The first-order chi connectivity index (χ1) is 10.4. The average Bonchev–Trinajstić information content (AvgIpc) is 2.40. The fourth-order valence-electron chi connectivity index (χ4n) is 2.62. The van der Waals surface area contributed by atoms with Gasteiger partial charge in [0.1, 0.15) is 5.82 Å². The van der Waals surface area contributed by atoms with Crippen molar-refractivity contribution in [3.8, 4) is 0 Å². The zero-order valence-electron chi connectivity index (χ0n) is 12.7. The van der Waals surface area contributed by atoms with Crippen LogP contribution in [0, 0.1) is 11.2 Å². The minimum atomic E-state index is -4.97. The molecule has 0 radical (unpaired) electrons. The molecule has 130 valence electrons. The van der Waals surface area contributed by atoms with Gasteiger partial charge in [0.15, 0.2) is 0 Å². The number of sulfonamides is 1. The third-order valence-electron chi connectivity index (χ3n) is 4.14. The Labute approximate surface area is 132 Å². The van der Waals surface area contributed by atoms with E-state index in [2.05, 4.69) is 0 Å². The largest absolute Gasteiger partial charge is 0.417 e. The van der Waals surface area contributed by atoms with Crippen LogP contribution in [0.2, 0.25) is 0 Å². The van der Waals surface area contributed by atoms with E-state index in [-0.39, 0.29) is 25.2 Å². The molecule has 1 atom stereocenters. The average molecular weight is 354 g/mol. The van der Waals surface area contributed by atoms with E-state index in [1.54, 1.807) is 13.8 Å². The molecule has 23 heavy (non-hydrogen) atoms. The molecular weight excluding hydrogens is 336 g/mol. The molecule has 0 aliphatic carbocycles. The van der Waals surface area contributed by atoms with Gasteiger partial charge >= 0.3 is 6.18 Å². The lowest BCUT2D eigenvalue weighted by atomic mass is 9.81. The van der Waals surface area contributed by atoms with Crippen molar-refractivity contribution in [1.29, 1.82) is 0 Å². The maximum Gasteiger partial charge on any atom is 0.417 e. The summed E-state index contributed by atoms with van der Waals surface area (Å²) < 4.78 is 78.6. The zero-order valence-corrected chi connectivity index (χ0v) is 13.5. The monoisotopic (exact) mass is 354 g/mol. The molecule has 4 nitrogen and oxygen atoms in total. The highest BCUT2D eigenvalue weighted by Crippen LogP contribution is 2.38. The smallest absolute Gasteiger partial charge is 0.327 e. The molecule has 1 unspecified atom stereocenters. The summed E-state index contributed by atoms with van der Waals surface area (Å²) in [6.07, 6.45) is -4.62. The fraction of sp³-hybridized carbons (Fsp3) is 0.571. The van der Waals surface area contributed by atoms with E-state index >= 15 is 0 Å². The lowest BCUT2D eigenvalue weighted by Crippen LogP contribution is -2.54. The number of piperidine rings is 1. The van der Waals surface area contributed by atoms with Gasteiger partial charge in [-0.2, -0.15) is 17.5 Å². The summed E-state index contributed by atoms with van der Waals surface area (Å²) >= 11 is 0. The molecule has 1 heterocycles. The van der Waals surface area contributed by atoms with E-state index in [0.717, 1.165) is 4.31 Å². The lowest BCUT2D eigenvalue weighted by molar-refractivity contribution is -0.140. The number of nitrogens with zero attached hydrogens (tertiary/aromatic N) is 1. The lowest BCUT2D eigenvalue weighted by Gasteiger charge is -2.42. The number of halogens is 4. The van der Waals surface area contributed by atoms with Gasteiger partial charge < -0.3 is 5.73 Å². The quantitative estimate of drug-likeness (QED) is 0.831. The van der Waals surface area contributed by atoms with Crippen LogP contribution in [0.15, 0.2) is 23.1 Å². The Bertz CT molecular complexity index is 701. The molecule has 1 aromatic carbocycles. The van der Waals surface area contributed by atoms with Crippen LogP contribution in [-0.2, 0) is 16.2 Å². The molecule has 1 saturated heterocycles. The second-order valence-electron chi connectivity index (χ2n) is 6.36. The first-order valence-electron chi connectivity index (χ1n) is 6.98. The summed E-state index contributed by atoms with van der Waals surface area (Å²) in [5.41, 5.74) is 3.86. The van der Waals surface area contributed by atoms with Gasteiger partial charge in [0.05, 0.1) is 10.5 Å². The van der Waals surface area contributed by atoms with Crippen molar-refractivity contribution in [1.82, 2.24) is 4.31 Å². The molecule has 0 saturated carbocycles. The Hall–Kier alpha value is -1.19. The summed E-state index contributed by atoms with van der Waals surface area (Å²) in [4.78, 5) is -0.933. The van der Waals surface area contributed by atoms with Gasteiger partial charge in [0, 0.05) is 19.1 Å². The molecule has 1 fully saturated rings. The van der Waals surface area contributed by atoms with Crippen LogP contribution < -0.4 is 5.73 Å². The van der Waals surface area contributed by atoms with Gasteiger partial charge in [0.2, 0.25) is 10.0 Å². The van der Waals surface area contributed by atoms with Gasteiger partial charge in [-0.15, -0.1) is 0 Å². The number of nitrogens with two attached hydrogens (primary N) is 1. The van der Waals surface area contributed by atoms with Gasteiger partial charge in [-0.1, -0.05) is 13.8 Å². The van der Waals surface area contributed by atoms with Crippen molar-refractivity contribution >= 4 is 10.0 Å². The van der Waals surface area contributed by atoms with E-state index in [1.165, 1.54) is 0 Å². The number of rotatable bonds is 2. The minimum Gasteiger partial charge on any atom is -0.327 e. The van der Waals surface area contributed by atoms with Gasteiger partial charge in [-0.3, -0.25) is 0 Å². The van der Waals surface area contributed by atoms with E-state index in [9.17, 15) is 26.0 Å². The maximum absolute atomic E-state index is 13.2. The van der Waals surface area contributed by atoms with Crippen LogP contribution in [0.5, 0.6) is 0 Å². The molecular formula is C14H18F4N2O2S. The van der Waals surface area contributed by atoms with Crippen LogP contribution in [0.3, 0.4) is 0 Å². The molecule has 9 heteroatoms. The van der Waals surface area contributed by atoms with Crippen LogP contribution in [0.4, 0.5) is 17.6 Å². The minimum absolute atomic E-state index is 0.00513. The highest BCUT2D eigenvalue weighted by Gasteiger charge is 2.43.